The van der Waals surface area contributed by atoms with Crippen molar-refractivity contribution in [1.82, 2.24) is 4.98 Å². The van der Waals surface area contributed by atoms with E-state index in [1.54, 1.807) is 13.8 Å². The molecule has 1 aromatic heterocycles. The molecule has 0 atom stereocenters. The quantitative estimate of drug-likeness (QED) is 0.751. The lowest BCUT2D eigenvalue weighted by Crippen LogP contribution is -2.15. The Labute approximate surface area is 80.8 Å². The van der Waals surface area contributed by atoms with Crippen LogP contribution < -0.4 is 0 Å². The smallest absolute Gasteiger partial charge is 0.106 e. The molecule has 1 heterocycles. The minimum Gasteiger partial charge on any atom is -0.386 e. The monoisotopic (exact) mass is 229 g/mol. The Hall–Kier alpha value is -0.410. The van der Waals surface area contributed by atoms with Crippen LogP contribution in [-0.4, -0.2) is 10.1 Å². The Morgan fingerprint density at radius 1 is 1.42 bits per heavy atom. The highest BCUT2D eigenvalue weighted by Crippen LogP contribution is 2.22. The molecule has 0 bridgehead atoms. The number of halogens is 1. The number of aryl methyl sites for hydroxylation is 1. The maximum Gasteiger partial charge on any atom is 0.106 e. The fourth-order valence-corrected chi connectivity index (χ4v) is 1.51. The van der Waals surface area contributed by atoms with Crippen molar-refractivity contribution in [2.45, 2.75) is 26.4 Å². The van der Waals surface area contributed by atoms with Crippen LogP contribution in [0.5, 0.6) is 0 Å². The van der Waals surface area contributed by atoms with Crippen molar-refractivity contribution in [3.63, 3.8) is 0 Å². The SMILES string of the molecule is Cc1cc(C(C)(C)O)cc(Br)n1. The molecule has 0 aliphatic heterocycles. The Balaban J connectivity index is 3.18. The van der Waals surface area contributed by atoms with Gasteiger partial charge in [-0.1, -0.05) is 0 Å². The van der Waals surface area contributed by atoms with Gasteiger partial charge in [-0.05, 0) is 54.4 Å². The molecule has 1 N–H and O–H groups in total. The Morgan fingerprint density at radius 3 is 2.42 bits per heavy atom. The third-order valence-corrected chi connectivity index (χ3v) is 2.03. The Morgan fingerprint density at radius 2 is 2.00 bits per heavy atom. The highest BCUT2D eigenvalue weighted by Gasteiger charge is 2.16. The summed E-state index contributed by atoms with van der Waals surface area (Å²) in [6.45, 7) is 5.42. The minimum atomic E-state index is -0.795. The maximum absolute atomic E-state index is 9.69. The van der Waals surface area contributed by atoms with Gasteiger partial charge in [0.25, 0.3) is 0 Å². The summed E-state index contributed by atoms with van der Waals surface area (Å²) in [6, 6.07) is 3.71. The number of aromatic nitrogens is 1. The van der Waals surface area contributed by atoms with E-state index in [4.69, 9.17) is 0 Å². The molecule has 0 amide bonds. The number of hydrogen-bond donors (Lipinski definition) is 1. The van der Waals surface area contributed by atoms with Crippen LogP contribution in [0, 0.1) is 6.92 Å². The van der Waals surface area contributed by atoms with Gasteiger partial charge < -0.3 is 5.11 Å². The zero-order chi connectivity index (χ0) is 9.35. The first-order valence-electron chi connectivity index (χ1n) is 3.76. The molecule has 12 heavy (non-hydrogen) atoms. The van der Waals surface area contributed by atoms with Crippen molar-refractivity contribution in [3.05, 3.63) is 28.0 Å². The summed E-state index contributed by atoms with van der Waals surface area (Å²) < 4.78 is 0.764. The van der Waals surface area contributed by atoms with E-state index in [9.17, 15) is 5.11 Å². The van der Waals surface area contributed by atoms with Gasteiger partial charge in [-0.25, -0.2) is 4.98 Å². The van der Waals surface area contributed by atoms with Crippen molar-refractivity contribution < 1.29 is 5.11 Å². The number of hydrogen-bond acceptors (Lipinski definition) is 2. The van der Waals surface area contributed by atoms with Gasteiger partial charge in [0.15, 0.2) is 0 Å². The number of aliphatic hydroxyl groups is 1. The lowest BCUT2D eigenvalue weighted by molar-refractivity contribution is 0.0783. The van der Waals surface area contributed by atoms with Gasteiger partial charge in [0, 0.05) is 5.69 Å². The lowest BCUT2D eigenvalue weighted by atomic mass is 9.99. The fourth-order valence-electron chi connectivity index (χ4n) is 0.981. The molecule has 3 heteroatoms. The van der Waals surface area contributed by atoms with E-state index in [1.165, 1.54) is 0 Å². The van der Waals surface area contributed by atoms with Crippen LogP contribution in [-0.2, 0) is 5.60 Å². The molecule has 0 aliphatic carbocycles. The predicted molar refractivity (Wildman–Crippen MR) is 51.9 cm³/mol. The highest BCUT2D eigenvalue weighted by atomic mass is 79.9. The third-order valence-electron chi connectivity index (χ3n) is 1.63. The van der Waals surface area contributed by atoms with Crippen LogP contribution in [0.1, 0.15) is 25.1 Å². The van der Waals surface area contributed by atoms with Crippen LogP contribution in [0.2, 0.25) is 0 Å². The summed E-state index contributed by atoms with van der Waals surface area (Å²) in [6.07, 6.45) is 0. The molecular weight excluding hydrogens is 218 g/mol. The van der Waals surface area contributed by atoms with Crippen LogP contribution in [0.15, 0.2) is 16.7 Å². The number of pyridine rings is 1. The largest absolute Gasteiger partial charge is 0.386 e. The third kappa shape index (κ3) is 2.29. The molecule has 1 aromatic rings. The zero-order valence-electron chi connectivity index (χ0n) is 7.43. The topological polar surface area (TPSA) is 33.1 Å². The van der Waals surface area contributed by atoms with Crippen molar-refractivity contribution in [3.8, 4) is 0 Å². The van der Waals surface area contributed by atoms with Gasteiger partial charge >= 0.3 is 0 Å². The van der Waals surface area contributed by atoms with E-state index in [0.29, 0.717) is 0 Å². The van der Waals surface area contributed by atoms with E-state index in [0.717, 1.165) is 15.9 Å². The van der Waals surface area contributed by atoms with Gasteiger partial charge in [0.05, 0.1) is 5.60 Å². The number of rotatable bonds is 1. The molecule has 0 aliphatic rings. The second-order valence-corrected chi connectivity index (χ2v) is 4.19. The van der Waals surface area contributed by atoms with Crippen molar-refractivity contribution in [2.75, 3.05) is 0 Å². The van der Waals surface area contributed by atoms with Gasteiger partial charge in [-0.2, -0.15) is 0 Å². The molecule has 1 rings (SSSR count). The molecule has 0 aromatic carbocycles. The highest BCUT2D eigenvalue weighted by molar-refractivity contribution is 9.10. The van der Waals surface area contributed by atoms with E-state index < -0.39 is 5.60 Å². The van der Waals surface area contributed by atoms with Crippen LogP contribution in [0.3, 0.4) is 0 Å². The van der Waals surface area contributed by atoms with Gasteiger partial charge in [0.1, 0.15) is 4.60 Å². The van der Waals surface area contributed by atoms with Crippen LogP contribution >= 0.6 is 15.9 Å². The Kier molecular flexibility index (Phi) is 2.54. The summed E-state index contributed by atoms with van der Waals surface area (Å²) in [5.41, 5.74) is 0.985. The zero-order valence-corrected chi connectivity index (χ0v) is 9.01. The van der Waals surface area contributed by atoms with Crippen LogP contribution in [0.4, 0.5) is 0 Å². The normalized spacial score (nSPS) is 11.8. The summed E-state index contributed by atoms with van der Waals surface area (Å²) in [4.78, 5) is 4.15. The van der Waals surface area contributed by atoms with Gasteiger partial charge in [-0.3, -0.25) is 0 Å². The fraction of sp³-hybridized carbons (Fsp3) is 0.444. The first kappa shape index (κ1) is 9.68. The second-order valence-electron chi connectivity index (χ2n) is 3.38. The van der Waals surface area contributed by atoms with Crippen LogP contribution in [0.25, 0.3) is 0 Å². The van der Waals surface area contributed by atoms with E-state index in [1.807, 2.05) is 19.1 Å². The van der Waals surface area contributed by atoms with E-state index in [2.05, 4.69) is 20.9 Å². The van der Waals surface area contributed by atoms with Crippen molar-refractivity contribution in [2.24, 2.45) is 0 Å². The lowest BCUT2D eigenvalue weighted by Gasteiger charge is -2.18. The van der Waals surface area contributed by atoms with E-state index in [-0.39, 0.29) is 0 Å². The molecule has 2 nitrogen and oxygen atoms in total. The average Bonchev–Trinajstić information content (AvgIpc) is 1.82. The molecule has 0 unspecified atom stereocenters. The van der Waals surface area contributed by atoms with Gasteiger partial charge in [0.2, 0.25) is 0 Å². The Bertz CT molecular complexity index is 271. The summed E-state index contributed by atoms with van der Waals surface area (Å²) in [7, 11) is 0. The molecular formula is C9H12BrNO. The number of nitrogens with zero attached hydrogens (tertiary/aromatic N) is 1. The molecule has 0 fully saturated rings. The average molecular weight is 230 g/mol. The summed E-state index contributed by atoms with van der Waals surface area (Å²) in [5, 5.41) is 9.69. The summed E-state index contributed by atoms with van der Waals surface area (Å²) in [5.74, 6) is 0. The first-order valence-corrected chi connectivity index (χ1v) is 4.56. The molecule has 66 valence electrons. The summed E-state index contributed by atoms with van der Waals surface area (Å²) >= 11 is 3.28. The van der Waals surface area contributed by atoms with Crippen molar-refractivity contribution >= 4 is 15.9 Å². The first-order chi connectivity index (χ1) is 5.39. The van der Waals surface area contributed by atoms with Crippen molar-refractivity contribution in [1.29, 1.82) is 0 Å². The molecule has 0 saturated heterocycles. The molecule has 0 spiro atoms. The minimum absolute atomic E-state index is 0.764. The maximum atomic E-state index is 9.69. The standard InChI is InChI=1S/C9H12BrNO/c1-6-4-7(9(2,3)12)5-8(10)11-6/h4-5,12H,1-3H3. The second kappa shape index (κ2) is 3.15. The van der Waals surface area contributed by atoms with E-state index >= 15 is 0 Å². The molecule has 0 saturated carbocycles. The molecule has 0 radical (unpaired) electrons. The van der Waals surface area contributed by atoms with Gasteiger partial charge in [-0.15, -0.1) is 0 Å². The predicted octanol–water partition coefficient (Wildman–Crippen LogP) is 2.38.